The van der Waals surface area contributed by atoms with Gasteiger partial charge in [-0.2, -0.15) is 0 Å². The Labute approximate surface area is 205 Å². The lowest BCUT2D eigenvalue weighted by Gasteiger charge is -2.43. The van der Waals surface area contributed by atoms with Crippen molar-refractivity contribution in [1.82, 2.24) is 0 Å². The van der Waals surface area contributed by atoms with Gasteiger partial charge in [-0.3, -0.25) is 0 Å². The molecule has 0 aliphatic rings. The van der Waals surface area contributed by atoms with Crippen molar-refractivity contribution in [3.05, 3.63) is 82.5 Å². The van der Waals surface area contributed by atoms with E-state index >= 15 is 0 Å². The first-order chi connectivity index (χ1) is 14.6. The standard InChI is InChI=1S/C28H39IOSi/c1-24(2)14-13-19-28(6,20-22-29)21-23-30-31(27(3,4)5,25-15-9-7-10-16-25)26-17-11-8-12-18-26/h7-12,14-18,20,22H,13,19,21,23H2,1-6H3/b22-20+/t28-/m1/s1. The van der Waals surface area contributed by atoms with Crippen LogP contribution in [-0.4, -0.2) is 14.9 Å². The van der Waals surface area contributed by atoms with Crippen molar-refractivity contribution in [3.8, 4) is 0 Å². The second-order valence-electron chi connectivity index (χ2n) is 10.0. The molecule has 1 nitrogen and oxygen atoms in total. The van der Waals surface area contributed by atoms with Crippen LogP contribution in [0, 0.1) is 5.41 Å². The fourth-order valence-electron chi connectivity index (χ4n) is 4.33. The first-order valence-electron chi connectivity index (χ1n) is 11.3. The van der Waals surface area contributed by atoms with Crippen LogP contribution in [-0.2, 0) is 4.43 Å². The molecule has 0 saturated carbocycles. The van der Waals surface area contributed by atoms with Crippen LogP contribution in [0.4, 0.5) is 0 Å². The zero-order valence-corrected chi connectivity index (χ0v) is 23.3. The number of halogens is 1. The SMILES string of the molecule is CC(C)=CCC[C@](C)(/C=C/I)CCO[Si](c1ccccc1)(c1ccccc1)C(C)(C)C. The Bertz CT molecular complexity index is 808. The summed E-state index contributed by atoms with van der Waals surface area (Å²) in [4.78, 5) is 0. The average molecular weight is 547 g/mol. The zero-order valence-electron chi connectivity index (χ0n) is 20.1. The van der Waals surface area contributed by atoms with Gasteiger partial charge < -0.3 is 4.43 Å². The van der Waals surface area contributed by atoms with Gasteiger partial charge in [-0.1, -0.05) is 129 Å². The minimum absolute atomic E-state index is 0.0211. The lowest BCUT2D eigenvalue weighted by atomic mass is 9.82. The van der Waals surface area contributed by atoms with Gasteiger partial charge in [0.05, 0.1) is 0 Å². The summed E-state index contributed by atoms with van der Waals surface area (Å²) in [6.45, 7) is 14.5. The molecule has 0 aromatic heterocycles. The fourth-order valence-corrected chi connectivity index (χ4v) is 9.77. The highest BCUT2D eigenvalue weighted by atomic mass is 127. The molecule has 0 aliphatic heterocycles. The van der Waals surface area contributed by atoms with Crippen LogP contribution in [0.15, 0.2) is 82.5 Å². The maximum absolute atomic E-state index is 7.12. The average Bonchev–Trinajstić information content (AvgIpc) is 2.71. The third kappa shape index (κ3) is 6.90. The zero-order chi connectivity index (χ0) is 23.0. The highest BCUT2D eigenvalue weighted by Gasteiger charge is 2.50. The van der Waals surface area contributed by atoms with Gasteiger partial charge in [-0.25, -0.2) is 0 Å². The third-order valence-electron chi connectivity index (χ3n) is 6.14. The Morgan fingerprint density at radius 3 is 1.81 bits per heavy atom. The molecule has 0 spiro atoms. The van der Waals surface area contributed by atoms with E-state index in [1.165, 1.54) is 15.9 Å². The second kappa shape index (κ2) is 11.6. The van der Waals surface area contributed by atoms with E-state index in [1.54, 1.807) is 0 Å². The molecule has 2 aromatic carbocycles. The molecule has 0 bridgehead atoms. The summed E-state index contributed by atoms with van der Waals surface area (Å²) in [6.07, 6.45) is 7.98. The predicted octanol–water partition coefficient (Wildman–Crippen LogP) is 7.65. The van der Waals surface area contributed by atoms with Crippen molar-refractivity contribution in [2.24, 2.45) is 5.41 Å². The second-order valence-corrected chi connectivity index (χ2v) is 15.1. The maximum Gasteiger partial charge on any atom is 0.261 e. The molecule has 0 N–H and O–H groups in total. The van der Waals surface area contributed by atoms with Crippen molar-refractivity contribution in [3.63, 3.8) is 0 Å². The molecule has 2 rings (SSSR count). The van der Waals surface area contributed by atoms with Crippen LogP contribution < -0.4 is 10.4 Å². The van der Waals surface area contributed by atoms with E-state index in [9.17, 15) is 0 Å². The summed E-state index contributed by atoms with van der Waals surface area (Å²) in [5.74, 6) is 0. The Balaban J connectivity index is 2.37. The number of allylic oxidation sites excluding steroid dienone is 3. The van der Waals surface area contributed by atoms with Gasteiger partial charge in [0, 0.05) is 6.61 Å². The van der Waals surface area contributed by atoms with E-state index in [0.717, 1.165) is 25.9 Å². The molecular weight excluding hydrogens is 507 g/mol. The first-order valence-corrected chi connectivity index (χ1v) is 14.5. The van der Waals surface area contributed by atoms with Crippen molar-refractivity contribution in [1.29, 1.82) is 0 Å². The molecule has 31 heavy (non-hydrogen) atoms. The van der Waals surface area contributed by atoms with Crippen molar-refractivity contribution in [2.75, 3.05) is 6.61 Å². The van der Waals surface area contributed by atoms with E-state index in [-0.39, 0.29) is 10.5 Å². The molecular formula is C28H39IOSi. The summed E-state index contributed by atoms with van der Waals surface area (Å²) in [5, 5.41) is 2.72. The summed E-state index contributed by atoms with van der Waals surface area (Å²) < 4.78 is 9.29. The first kappa shape index (κ1) is 26.1. The van der Waals surface area contributed by atoms with Gasteiger partial charge >= 0.3 is 0 Å². The van der Waals surface area contributed by atoms with Gasteiger partial charge in [-0.15, -0.1) is 0 Å². The molecule has 0 saturated heterocycles. The Morgan fingerprint density at radius 1 is 0.871 bits per heavy atom. The Morgan fingerprint density at radius 2 is 1.39 bits per heavy atom. The molecule has 0 radical (unpaired) electrons. The predicted molar refractivity (Wildman–Crippen MR) is 148 cm³/mol. The number of benzene rings is 2. The molecule has 0 unspecified atom stereocenters. The van der Waals surface area contributed by atoms with E-state index < -0.39 is 8.32 Å². The highest BCUT2D eigenvalue weighted by molar-refractivity contribution is 14.1. The largest absolute Gasteiger partial charge is 0.407 e. The minimum Gasteiger partial charge on any atom is -0.407 e. The molecule has 168 valence electrons. The maximum atomic E-state index is 7.12. The molecule has 1 atom stereocenters. The highest BCUT2D eigenvalue weighted by Crippen LogP contribution is 2.38. The van der Waals surface area contributed by atoms with Crippen molar-refractivity contribution in [2.45, 2.75) is 65.8 Å². The van der Waals surface area contributed by atoms with Gasteiger partial charge in [0.2, 0.25) is 0 Å². The summed E-state index contributed by atoms with van der Waals surface area (Å²) in [5.41, 5.74) is 1.53. The molecule has 2 aromatic rings. The van der Waals surface area contributed by atoms with E-state index in [4.69, 9.17) is 4.43 Å². The summed E-state index contributed by atoms with van der Waals surface area (Å²) in [6, 6.07) is 21.9. The number of hydrogen-bond acceptors (Lipinski definition) is 1. The van der Waals surface area contributed by atoms with Crippen LogP contribution in [0.3, 0.4) is 0 Å². The smallest absolute Gasteiger partial charge is 0.261 e. The van der Waals surface area contributed by atoms with Crippen LogP contribution >= 0.6 is 22.6 Å². The normalized spacial score (nSPS) is 14.4. The quantitative estimate of drug-likeness (QED) is 0.169. The van der Waals surface area contributed by atoms with Gasteiger partial charge in [0.15, 0.2) is 0 Å². The molecule has 0 heterocycles. The lowest BCUT2D eigenvalue weighted by Crippen LogP contribution is -2.66. The van der Waals surface area contributed by atoms with Crippen molar-refractivity contribution < 1.29 is 4.43 Å². The number of hydrogen-bond donors (Lipinski definition) is 0. The van der Waals surface area contributed by atoms with Gasteiger partial charge in [0.1, 0.15) is 0 Å². The minimum atomic E-state index is -2.46. The lowest BCUT2D eigenvalue weighted by molar-refractivity contribution is 0.230. The summed E-state index contributed by atoms with van der Waals surface area (Å²) in [7, 11) is -2.46. The van der Waals surface area contributed by atoms with Crippen LogP contribution in [0.2, 0.25) is 5.04 Å². The van der Waals surface area contributed by atoms with E-state index in [1.807, 2.05) is 0 Å². The Hall–Kier alpha value is -1.17. The molecule has 0 aliphatic carbocycles. The van der Waals surface area contributed by atoms with Crippen LogP contribution in [0.25, 0.3) is 0 Å². The topological polar surface area (TPSA) is 9.23 Å². The van der Waals surface area contributed by atoms with Crippen LogP contribution in [0.5, 0.6) is 0 Å². The molecule has 0 amide bonds. The molecule has 3 heteroatoms. The fraction of sp³-hybridized carbons (Fsp3) is 0.429. The number of rotatable bonds is 10. The van der Waals surface area contributed by atoms with E-state index in [0.29, 0.717) is 0 Å². The Kier molecular flexibility index (Phi) is 9.78. The van der Waals surface area contributed by atoms with Crippen molar-refractivity contribution >= 4 is 41.3 Å². The van der Waals surface area contributed by atoms with Crippen LogP contribution in [0.1, 0.15) is 60.8 Å². The summed E-state index contributed by atoms with van der Waals surface area (Å²) >= 11 is 2.35. The third-order valence-corrected chi connectivity index (χ3v) is 11.5. The monoisotopic (exact) mass is 546 g/mol. The molecule has 0 fully saturated rings. The van der Waals surface area contributed by atoms with E-state index in [2.05, 4.69) is 141 Å². The van der Waals surface area contributed by atoms with Gasteiger partial charge in [-0.05, 0) is 58.0 Å². The van der Waals surface area contributed by atoms with Gasteiger partial charge in [0.25, 0.3) is 8.32 Å².